The lowest BCUT2D eigenvalue weighted by molar-refractivity contribution is 0.0397. The topological polar surface area (TPSA) is 193 Å². The van der Waals surface area contributed by atoms with Gasteiger partial charge in [-0.1, -0.05) is 24.3 Å². The van der Waals surface area contributed by atoms with E-state index in [1.54, 1.807) is 0 Å². The van der Waals surface area contributed by atoms with E-state index in [1.807, 2.05) is 0 Å². The lowest BCUT2D eigenvalue weighted by Crippen LogP contribution is -2.15. The number of hydrogen-bond donors (Lipinski definition) is 4. The molecule has 0 radical (unpaired) electrons. The van der Waals surface area contributed by atoms with Gasteiger partial charge in [-0.2, -0.15) is 0 Å². The van der Waals surface area contributed by atoms with Crippen LogP contribution in [-0.4, -0.2) is 56.2 Å². The van der Waals surface area contributed by atoms with Gasteiger partial charge in [-0.25, -0.2) is 28.8 Å². The van der Waals surface area contributed by atoms with E-state index in [-0.39, 0.29) is 54.9 Å². The Morgan fingerprint density at radius 3 is 1.05 bits per heavy atom. The number of carbonyl (C=O) groups is 6. The summed E-state index contributed by atoms with van der Waals surface area (Å²) in [5.74, 6) is -8.22. The predicted octanol–water partition coefficient (Wildman–Crippen LogP) is 3.78. The maximum Gasteiger partial charge on any atom is 0.346 e. The standard InChI is InChI=1S/C26H14O11/c27-21(28)15-5-1-3-11-13(7-9-17(19(11)15)23(31)32)25(35)37-26(36)14-8-10-18(24(33)34)20-12(14)4-2-6-16(20)22(29)30/h1-10H,(H,27,28)(H,29,30)(H,31,32)(H,33,34). The number of fused-ring (bicyclic) bond motifs is 2. The average Bonchev–Trinajstić information content (AvgIpc) is 2.85. The lowest BCUT2D eigenvalue weighted by Gasteiger charge is -2.12. The van der Waals surface area contributed by atoms with E-state index in [2.05, 4.69) is 0 Å². The van der Waals surface area contributed by atoms with E-state index in [0.29, 0.717) is 0 Å². The second kappa shape index (κ2) is 9.23. The first kappa shape index (κ1) is 24.5. The highest BCUT2D eigenvalue weighted by molar-refractivity contribution is 6.21. The van der Waals surface area contributed by atoms with Gasteiger partial charge >= 0.3 is 35.8 Å². The van der Waals surface area contributed by atoms with Crippen LogP contribution < -0.4 is 0 Å². The van der Waals surface area contributed by atoms with Crippen molar-refractivity contribution in [3.8, 4) is 0 Å². The van der Waals surface area contributed by atoms with Gasteiger partial charge in [-0.3, -0.25) is 0 Å². The quantitative estimate of drug-likeness (QED) is 0.221. The Hall–Kier alpha value is -5.58. The summed E-state index contributed by atoms with van der Waals surface area (Å²) < 4.78 is 4.97. The summed E-state index contributed by atoms with van der Waals surface area (Å²) in [5.41, 5.74) is -2.12. The molecule has 4 aromatic carbocycles. The number of carboxylic acid groups (broad SMARTS) is 4. The van der Waals surface area contributed by atoms with Crippen molar-refractivity contribution in [1.82, 2.24) is 0 Å². The van der Waals surface area contributed by atoms with Gasteiger partial charge in [-0.15, -0.1) is 0 Å². The van der Waals surface area contributed by atoms with E-state index in [0.717, 1.165) is 36.4 Å². The van der Waals surface area contributed by atoms with Crippen LogP contribution in [-0.2, 0) is 4.74 Å². The summed E-state index contributed by atoms with van der Waals surface area (Å²) in [5, 5.41) is 37.3. The second-order valence-corrected chi connectivity index (χ2v) is 7.68. The molecule has 0 aromatic heterocycles. The molecule has 0 atom stereocenters. The van der Waals surface area contributed by atoms with Gasteiger partial charge in [0.15, 0.2) is 0 Å². The number of ether oxygens (including phenoxy) is 1. The van der Waals surface area contributed by atoms with E-state index in [4.69, 9.17) is 4.74 Å². The van der Waals surface area contributed by atoms with Crippen molar-refractivity contribution in [2.45, 2.75) is 0 Å². The number of carbonyl (C=O) groups excluding carboxylic acids is 2. The molecule has 4 N–H and O–H groups in total. The molecule has 11 heteroatoms. The maximum absolute atomic E-state index is 13.0. The van der Waals surface area contributed by atoms with E-state index in [9.17, 15) is 49.2 Å². The molecule has 0 aliphatic carbocycles. The molecule has 0 saturated carbocycles. The van der Waals surface area contributed by atoms with Crippen molar-refractivity contribution >= 4 is 57.4 Å². The smallest absolute Gasteiger partial charge is 0.346 e. The Bertz CT molecular complexity index is 1530. The van der Waals surface area contributed by atoms with E-state index < -0.39 is 35.8 Å². The minimum absolute atomic E-state index is 0.0863. The number of hydrogen-bond acceptors (Lipinski definition) is 7. The van der Waals surface area contributed by atoms with Crippen molar-refractivity contribution in [1.29, 1.82) is 0 Å². The van der Waals surface area contributed by atoms with Gasteiger partial charge in [0.05, 0.1) is 33.4 Å². The molecular weight excluding hydrogens is 488 g/mol. The molecule has 0 bridgehead atoms. The summed E-state index contributed by atoms with van der Waals surface area (Å²) in [6, 6.07) is 11.7. The summed E-state index contributed by atoms with van der Waals surface area (Å²) >= 11 is 0. The largest absolute Gasteiger partial charge is 0.478 e. The Morgan fingerprint density at radius 1 is 0.432 bits per heavy atom. The van der Waals surface area contributed by atoms with Crippen molar-refractivity contribution in [3.05, 3.63) is 94.0 Å². The van der Waals surface area contributed by atoms with E-state index >= 15 is 0 Å². The number of aromatic carboxylic acids is 4. The van der Waals surface area contributed by atoms with Gasteiger partial charge in [0.25, 0.3) is 0 Å². The number of esters is 2. The molecule has 184 valence electrons. The van der Waals surface area contributed by atoms with Crippen molar-refractivity contribution in [2.24, 2.45) is 0 Å². The minimum atomic E-state index is -1.44. The van der Waals surface area contributed by atoms with Crippen LogP contribution in [0.3, 0.4) is 0 Å². The zero-order valence-electron chi connectivity index (χ0n) is 18.4. The number of rotatable bonds is 6. The zero-order chi connectivity index (χ0) is 27.0. The highest BCUT2D eigenvalue weighted by Gasteiger charge is 2.25. The molecule has 37 heavy (non-hydrogen) atoms. The average molecular weight is 502 g/mol. The monoisotopic (exact) mass is 502 g/mol. The van der Waals surface area contributed by atoms with Gasteiger partial charge in [0.1, 0.15) is 0 Å². The number of benzene rings is 4. The molecule has 4 aromatic rings. The molecule has 4 rings (SSSR count). The Labute approximate surface area is 205 Å². The van der Waals surface area contributed by atoms with E-state index in [1.165, 1.54) is 24.3 Å². The van der Waals surface area contributed by atoms with Crippen LogP contribution in [0.5, 0.6) is 0 Å². The fourth-order valence-corrected chi connectivity index (χ4v) is 4.08. The fourth-order valence-electron chi connectivity index (χ4n) is 4.08. The third-order valence-corrected chi connectivity index (χ3v) is 5.63. The van der Waals surface area contributed by atoms with Crippen molar-refractivity contribution < 1.29 is 53.9 Å². The second-order valence-electron chi connectivity index (χ2n) is 7.68. The normalized spacial score (nSPS) is 10.7. The Morgan fingerprint density at radius 2 is 0.730 bits per heavy atom. The summed E-state index contributed by atoms with van der Waals surface area (Å²) in [7, 11) is 0. The molecular formula is C26H14O11. The van der Waals surface area contributed by atoms with Crippen LogP contribution in [0.25, 0.3) is 21.5 Å². The first-order valence-corrected chi connectivity index (χ1v) is 10.3. The van der Waals surface area contributed by atoms with Gasteiger partial charge in [0.2, 0.25) is 0 Å². The first-order chi connectivity index (χ1) is 17.5. The molecule has 0 unspecified atom stereocenters. The van der Waals surface area contributed by atoms with Gasteiger partial charge < -0.3 is 25.2 Å². The molecule has 0 saturated heterocycles. The van der Waals surface area contributed by atoms with Crippen LogP contribution in [0.4, 0.5) is 0 Å². The van der Waals surface area contributed by atoms with Crippen LogP contribution in [0, 0.1) is 0 Å². The number of carboxylic acids is 4. The Kier molecular flexibility index (Phi) is 6.12. The maximum atomic E-state index is 13.0. The zero-order valence-corrected chi connectivity index (χ0v) is 18.4. The Balaban J connectivity index is 1.83. The SMILES string of the molecule is O=C(OC(=O)c1ccc(C(=O)O)c2c(C(=O)O)cccc12)c1ccc(C(=O)O)c2c(C(=O)O)cccc12. The van der Waals surface area contributed by atoms with Crippen molar-refractivity contribution in [3.63, 3.8) is 0 Å². The van der Waals surface area contributed by atoms with Gasteiger partial charge in [0, 0.05) is 10.8 Å². The molecule has 0 spiro atoms. The molecule has 11 nitrogen and oxygen atoms in total. The molecule has 0 aliphatic rings. The fraction of sp³-hybridized carbons (Fsp3) is 0. The summed E-state index contributed by atoms with van der Waals surface area (Å²) in [6.07, 6.45) is 0. The summed E-state index contributed by atoms with van der Waals surface area (Å²) in [6.45, 7) is 0. The van der Waals surface area contributed by atoms with Gasteiger partial charge in [-0.05, 0) is 47.2 Å². The third-order valence-electron chi connectivity index (χ3n) is 5.63. The predicted molar refractivity (Wildman–Crippen MR) is 125 cm³/mol. The first-order valence-electron chi connectivity index (χ1n) is 10.3. The third kappa shape index (κ3) is 4.21. The van der Waals surface area contributed by atoms with Crippen LogP contribution in [0.1, 0.15) is 62.1 Å². The summed E-state index contributed by atoms with van der Waals surface area (Å²) in [4.78, 5) is 72.6. The highest BCUT2D eigenvalue weighted by atomic mass is 16.6. The van der Waals surface area contributed by atoms with Crippen molar-refractivity contribution in [2.75, 3.05) is 0 Å². The molecule has 0 aliphatic heterocycles. The van der Waals surface area contributed by atoms with Crippen LogP contribution in [0.2, 0.25) is 0 Å². The molecule has 0 fully saturated rings. The minimum Gasteiger partial charge on any atom is -0.478 e. The lowest BCUT2D eigenvalue weighted by atomic mass is 9.95. The molecule has 0 heterocycles. The van der Waals surface area contributed by atoms with Crippen LogP contribution >= 0.6 is 0 Å². The molecule has 0 amide bonds. The highest BCUT2D eigenvalue weighted by Crippen LogP contribution is 2.30. The van der Waals surface area contributed by atoms with Crippen LogP contribution in [0.15, 0.2) is 60.7 Å².